The first-order chi connectivity index (χ1) is 7.75. The largest absolute Gasteiger partial charge is 0.376 e. The Labute approximate surface area is 105 Å². The molecular weight excluding hydrogens is 249 g/mol. The summed E-state index contributed by atoms with van der Waals surface area (Å²) in [5, 5.41) is 0.986. The van der Waals surface area contributed by atoms with Crippen LogP contribution in [0, 0.1) is 0 Å². The van der Waals surface area contributed by atoms with E-state index in [-0.39, 0.29) is 6.10 Å². The van der Waals surface area contributed by atoms with Crippen LogP contribution in [-0.4, -0.2) is 24.3 Å². The Morgan fingerprint density at radius 2 is 2.38 bits per heavy atom. The molecule has 0 N–H and O–H groups in total. The van der Waals surface area contributed by atoms with Crippen molar-refractivity contribution in [2.45, 2.75) is 25.6 Å². The van der Waals surface area contributed by atoms with Gasteiger partial charge in [0.1, 0.15) is 5.15 Å². The summed E-state index contributed by atoms with van der Waals surface area (Å²) in [5.41, 5.74) is 0.851. The highest BCUT2D eigenvalue weighted by molar-refractivity contribution is 6.34. The van der Waals surface area contributed by atoms with Crippen molar-refractivity contribution in [2.24, 2.45) is 0 Å². The molecule has 0 spiro atoms. The molecule has 5 heteroatoms. The van der Waals surface area contributed by atoms with Crippen LogP contribution in [0.25, 0.3) is 0 Å². The van der Waals surface area contributed by atoms with E-state index in [1.165, 1.54) is 0 Å². The quantitative estimate of drug-likeness (QED) is 0.781. The summed E-state index contributed by atoms with van der Waals surface area (Å²) in [6, 6.07) is 1.62. The lowest BCUT2D eigenvalue weighted by molar-refractivity contribution is 0.0105. The molecule has 0 bridgehead atoms. The van der Waals surface area contributed by atoms with E-state index in [2.05, 4.69) is 4.98 Å². The van der Waals surface area contributed by atoms with Gasteiger partial charge in [0.05, 0.1) is 24.3 Å². The maximum atomic E-state index is 5.99. The average molecular weight is 262 g/mol. The molecule has 0 saturated carbocycles. The highest BCUT2D eigenvalue weighted by Crippen LogP contribution is 2.20. The number of halogens is 2. The van der Waals surface area contributed by atoms with Gasteiger partial charge in [0.15, 0.2) is 0 Å². The number of ether oxygens (including phenoxy) is 2. The fourth-order valence-electron chi connectivity index (χ4n) is 1.62. The first kappa shape index (κ1) is 12.1. The zero-order valence-electron chi connectivity index (χ0n) is 8.79. The number of aromatic nitrogens is 1. The van der Waals surface area contributed by atoms with E-state index in [1.54, 1.807) is 12.3 Å². The second kappa shape index (κ2) is 5.82. The van der Waals surface area contributed by atoms with Gasteiger partial charge in [-0.05, 0) is 18.9 Å². The average Bonchev–Trinajstić information content (AvgIpc) is 2.74. The summed E-state index contributed by atoms with van der Waals surface area (Å²) >= 11 is 11.7. The first-order valence-electron chi connectivity index (χ1n) is 5.25. The topological polar surface area (TPSA) is 31.4 Å². The van der Waals surface area contributed by atoms with E-state index < -0.39 is 0 Å². The molecule has 0 amide bonds. The molecule has 88 valence electrons. The van der Waals surface area contributed by atoms with Gasteiger partial charge in [-0.2, -0.15) is 0 Å². The van der Waals surface area contributed by atoms with E-state index in [0.717, 1.165) is 25.0 Å². The van der Waals surface area contributed by atoms with E-state index in [4.69, 9.17) is 32.7 Å². The highest BCUT2D eigenvalue weighted by Gasteiger charge is 2.15. The van der Waals surface area contributed by atoms with Crippen LogP contribution in [0.3, 0.4) is 0 Å². The van der Waals surface area contributed by atoms with Gasteiger partial charge >= 0.3 is 0 Å². The molecule has 1 aliphatic heterocycles. The predicted molar refractivity (Wildman–Crippen MR) is 62.9 cm³/mol. The second-order valence-electron chi connectivity index (χ2n) is 3.75. The second-order valence-corrected chi connectivity index (χ2v) is 4.54. The number of hydrogen-bond donors (Lipinski definition) is 0. The van der Waals surface area contributed by atoms with Crippen LogP contribution in [0.5, 0.6) is 0 Å². The number of hydrogen-bond acceptors (Lipinski definition) is 3. The Morgan fingerprint density at radius 3 is 3.06 bits per heavy atom. The van der Waals surface area contributed by atoms with Crippen molar-refractivity contribution < 1.29 is 9.47 Å². The summed E-state index contributed by atoms with van der Waals surface area (Å²) in [6.07, 6.45) is 4.07. The van der Waals surface area contributed by atoms with Crippen molar-refractivity contribution in [3.8, 4) is 0 Å². The normalized spacial score (nSPS) is 20.2. The van der Waals surface area contributed by atoms with Crippen molar-refractivity contribution in [1.82, 2.24) is 4.98 Å². The summed E-state index contributed by atoms with van der Waals surface area (Å²) < 4.78 is 11.0. The van der Waals surface area contributed by atoms with Crippen LogP contribution in [0.15, 0.2) is 12.3 Å². The van der Waals surface area contributed by atoms with Crippen LogP contribution < -0.4 is 0 Å². The summed E-state index contributed by atoms with van der Waals surface area (Å²) in [4.78, 5) is 3.96. The molecule has 1 unspecified atom stereocenters. The highest BCUT2D eigenvalue weighted by atomic mass is 35.5. The minimum absolute atomic E-state index is 0.235. The minimum Gasteiger partial charge on any atom is -0.376 e. The number of nitrogens with zero attached hydrogens (tertiary/aromatic N) is 1. The molecule has 3 nitrogen and oxygen atoms in total. The van der Waals surface area contributed by atoms with Crippen molar-refractivity contribution >= 4 is 23.2 Å². The van der Waals surface area contributed by atoms with Crippen molar-refractivity contribution in [2.75, 3.05) is 13.2 Å². The van der Waals surface area contributed by atoms with Crippen molar-refractivity contribution in [3.05, 3.63) is 28.0 Å². The third kappa shape index (κ3) is 3.32. The van der Waals surface area contributed by atoms with E-state index in [1.807, 2.05) is 0 Å². The first-order valence-corrected chi connectivity index (χ1v) is 6.00. The molecule has 1 fully saturated rings. The molecular formula is C11H13Cl2NO2. The Kier molecular flexibility index (Phi) is 4.41. The maximum absolute atomic E-state index is 5.99. The molecule has 2 rings (SSSR count). The molecule has 0 radical (unpaired) electrons. The van der Waals surface area contributed by atoms with Gasteiger partial charge in [0.25, 0.3) is 0 Å². The van der Waals surface area contributed by atoms with Gasteiger partial charge in [-0.3, -0.25) is 0 Å². The Morgan fingerprint density at radius 1 is 1.50 bits per heavy atom. The Bertz CT molecular complexity index is 354. The van der Waals surface area contributed by atoms with Gasteiger partial charge < -0.3 is 9.47 Å². The molecule has 1 aromatic rings. The van der Waals surface area contributed by atoms with Crippen LogP contribution in [0.4, 0.5) is 0 Å². The monoisotopic (exact) mass is 261 g/mol. The molecule has 1 saturated heterocycles. The maximum Gasteiger partial charge on any atom is 0.130 e. The third-order valence-corrected chi connectivity index (χ3v) is 3.04. The van der Waals surface area contributed by atoms with Crippen LogP contribution in [-0.2, 0) is 16.1 Å². The van der Waals surface area contributed by atoms with E-state index >= 15 is 0 Å². The zero-order chi connectivity index (χ0) is 11.4. The molecule has 0 aliphatic carbocycles. The molecule has 2 heterocycles. The SMILES string of the molecule is Clc1cc(Cl)c(COCC2CCCO2)cn1. The smallest absolute Gasteiger partial charge is 0.130 e. The summed E-state index contributed by atoms with van der Waals surface area (Å²) in [5.74, 6) is 0. The molecule has 16 heavy (non-hydrogen) atoms. The van der Waals surface area contributed by atoms with Crippen LogP contribution in [0.2, 0.25) is 10.2 Å². The van der Waals surface area contributed by atoms with Gasteiger partial charge in [-0.1, -0.05) is 23.2 Å². The number of pyridine rings is 1. The standard InChI is InChI=1S/C11H13Cl2NO2/c12-10-4-11(13)14-5-8(10)6-15-7-9-2-1-3-16-9/h4-5,9H,1-3,6-7H2. The summed E-state index contributed by atoms with van der Waals surface area (Å²) in [7, 11) is 0. The third-order valence-electron chi connectivity index (χ3n) is 2.48. The number of rotatable bonds is 4. The molecule has 1 aliphatic rings. The summed E-state index contributed by atoms with van der Waals surface area (Å²) in [6.45, 7) is 1.90. The van der Waals surface area contributed by atoms with Gasteiger partial charge in [-0.15, -0.1) is 0 Å². The van der Waals surface area contributed by atoms with Crippen LogP contribution >= 0.6 is 23.2 Å². The Hall–Kier alpha value is -0.350. The Balaban J connectivity index is 1.80. The molecule has 0 aromatic carbocycles. The van der Waals surface area contributed by atoms with Gasteiger partial charge in [-0.25, -0.2) is 4.98 Å². The lowest BCUT2D eigenvalue weighted by atomic mass is 10.2. The zero-order valence-corrected chi connectivity index (χ0v) is 10.3. The van der Waals surface area contributed by atoms with E-state index in [9.17, 15) is 0 Å². The minimum atomic E-state index is 0.235. The van der Waals surface area contributed by atoms with Crippen LogP contribution in [0.1, 0.15) is 18.4 Å². The van der Waals surface area contributed by atoms with Crippen molar-refractivity contribution in [3.63, 3.8) is 0 Å². The van der Waals surface area contributed by atoms with Crippen molar-refractivity contribution in [1.29, 1.82) is 0 Å². The molecule has 1 aromatic heterocycles. The fraction of sp³-hybridized carbons (Fsp3) is 0.545. The lowest BCUT2D eigenvalue weighted by Crippen LogP contribution is -2.13. The van der Waals surface area contributed by atoms with Gasteiger partial charge in [0, 0.05) is 18.4 Å². The van der Waals surface area contributed by atoms with E-state index in [0.29, 0.717) is 23.4 Å². The predicted octanol–water partition coefficient (Wildman–Crippen LogP) is 3.08. The fourth-order valence-corrected chi connectivity index (χ4v) is 2.04. The molecule has 1 atom stereocenters. The van der Waals surface area contributed by atoms with Gasteiger partial charge in [0.2, 0.25) is 0 Å². The lowest BCUT2D eigenvalue weighted by Gasteiger charge is -2.10.